The zero-order valence-corrected chi connectivity index (χ0v) is 14.2. The number of nitrogens with zero attached hydrogens (tertiary/aromatic N) is 4. The van der Waals surface area contributed by atoms with E-state index in [-0.39, 0.29) is 5.91 Å². The molecule has 0 bridgehead atoms. The van der Waals surface area contributed by atoms with Crippen LogP contribution < -0.4 is 0 Å². The van der Waals surface area contributed by atoms with Gasteiger partial charge in [-0.1, -0.05) is 0 Å². The lowest BCUT2D eigenvalue weighted by molar-refractivity contribution is 0.0710. The van der Waals surface area contributed by atoms with Crippen LogP contribution in [0.15, 0.2) is 12.3 Å². The summed E-state index contributed by atoms with van der Waals surface area (Å²) in [5, 5.41) is 4.36. The first-order valence-electron chi connectivity index (χ1n) is 7.85. The van der Waals surface area contributed by atoms with E-state index < -0.39 is 0 Å². The van der Waals surface area contributed by atoms with Gasteiger partial charge in [0.1, 0.15) is 0 Å². The van der Waals surface area contributed by atoms with Crippen molar-refractivity contribution in [2.24, 2.45) is 0 Å². The fourth-order valence-electron chi connectivity index (χ4n) is 3.28. The van der Waals surface area contributed by atoms with E-state index >= 15 is 0 Å². The van der Waals surface area contributed by atoms with Crippen molar-refractivity contribution in [3.8, 4) is 0 Å². The fourth-order valence-corrected chi connectivity index (χ4v) is 3.97. The Morgan fingerprint density at radius 3 is 2.68 bits per heavy atom. The molecule has 0 atom stereocenters. The van der Waals surface area contributed by atoms with Crippen LogP contribution >= 0.6 is 11.5 Å². The summed E-state index contributed by atoms with van der Waals surface area (Å²) in [4.78, 5) is 15.7. The van der Waals surface area contributed by atoms with Crippen LogP contribution in [0, 0.1) is 13.8 Å². The molecule has 5 nitrogen and oxygen atoms in total. The quantitative estimate of drug-likeness (QED) is 0.874. The molecule has 1 aliphatic rings. The molecule has 0 aromatic carbocycles. The SMILES string of the molecule is CCn1nccc1C1CCN(C(=O)c2c(C)nsc2C)CC1. The number of rotatable bonds is 3. The molecule has 1 fully saturated rings. The fraction of sp³-hybridized carbons (Fsp3) is 0.562. The summed E-state index contributed by atoms with van der Waals surface area (Å²) in [5.41, 5.74) is 2.97. The zero-order chi connectivity index (χ0) is 15.7. The molecule has 118 valence electrons. The Hall–Kier alpha value is -1.69. The van der Waals surface area contributed by atoms with Crippen molar-refractivity contribution in [1.29, 1.82) is 0 Å². The van der Waals surface area contributed by atoms with E-state index in [0.29, 0.717) is 5.92 Å². The Labute approximate surface area is 135 Å². The predicted molar refractivity (Wildman–Crippen MR) is 87.4 cm³/mol. The standard InChI is InChI=1S/C16H22N4OS/c1-4-20-14(5-8-17-20)13-6-9-19(10-7-13)16(21)15-11(2)18-22-12(15)3/h5,8,13H,4,6-7,9-10H2,1-3H3. The summed E-state index contributed by atoms with van der Waals surface area (Å²) < 4.78 is 6.36. The highest BCUT2D eigenvalue weighted by atomic mass is 32.1. The Balaban J connectivity index is 1.68. The molecule has 0 spiro atoms. The van der Waals surface area contributed by atoms with Crippen molar-refractivity contribution in [1.82, 2.24) is 19.1 Å². The molecular formula is C16H22N4OS. The third kappa shape index (κ3) is 2.67. The van der Waals surface area contributed by atoms with Gasteiger partial charge in [-0.15, -0.1) is 0 Å². The molecule has 2 aromatic rings. The number of hydrogen-bond donors (Lipinski definition) is 0. The summed E-state index contributed by atoms with van der Waals surface area (Å²) >= 11 is 1.42. The summed E-state index contributed by atoms with van der Waals surface area (Å²) in [6, 6.07) is 2.11. The first kappa shape index (κ1) is 15.2. The number of piperidine rings is 1. The smallest absolute Gasteiger partial charge is 0.256 e. The molecule has 0 N–H and O–H groups in total. The molecular weight excluding hydrogens is 296 g/mol. The average Bonchev–Trinajstić information content (AvgIpc) is 3.13. The molecule has 3 rings (SSSR count). The number of carbonyl (C=O) groups is 1. The van der Waals surface area contributed by atoms with E-state index in [9.17, 15) is 4.79 Å². The highest BCUT2D eigenvalue weighted by Gasteiger charge is 2.28. The minimum absolute atomic E-state index is 0.145. The molecule has 2 aromatic heterocycles. The molecule has 1 saturated heterocycles. The van der Waals surface area contributed by atoms with Gasteiger partial charge in [-0.25, -0.2) is 0 Å². The van der Waals surface area contributed by atoms with Gasteiger partial charge in [-0.05, 0) is 51.2 Å². The van der Waals surface area contributed by atoms with Crippen LogP contribution in [0.1, 0.15) is 52.3 Å². The number of amides is 1. The molecule has 0 unspecified atom stereocenters. The maximum atomic E-state index is 12.7. The Morgan fingerprint density at radius 1 is 1.36 bits per heavy atom. The van der Waals surface area contributed by atoms with Crippen molar-refractivity contribution < 1.29 is 4.79 Å². The van der Waals surface area contributed by atoms with Gasteiger partial charge in [0.05, 0.1) is 11.3 Å². The molecule has 1 amide bonds. The first-order chi connectivity index (χ1) is 10.6. The van der Waals surface area contributed by atoms with Gasteiger partial charge < -0.3 is 4.90 Å². The third-order valence-electron chi connectivity index (χ3n) is 4.50. The Morgan fingerprint density at radius 2 is 2.09 bits per heavy atom. The van der Waals surface area contributed by atoms with Crippen molar-refractivity contribution in [2.75, 3.05) is 13.1 Å². The topological polar surface area (TPSA) is 51.0 Å². The van der Waals surface area contributed by atoms with Gasteiger partial charge >= 0.3 is 0 Å². The lowest BCUT2D eigenvalue weighted by Gasteiger charge is -2.32. The number of aryl methyl sites for hydroxylation is 3. The minimum Gasteiger partial charge on any atom is -0.339 e. The number of hydrogen-bond acceptors (Lipinski definition) is 4. The van der Waals surface area contributed by atoms with Crippen molar-refractivity contribution in [3.05, 3.63) is 34.1 Å². The highest BCUT2D eigenvalue weighted by molar-refractivity contribution is 7.06. The molecule has 22 heavy (non-hydrogen) atoms. The van der Waals surface area contributed by atoms with Crippen molar-refractivity contribution >= 4 is 17.4 Å². The van der Waals surface area contributed by atoms with Gasteiger partial charge in [0.25, 0.3) is 5.91 Å². The van der Waals surface area contributed by atoms with E-state index in [2.05, 4.69) is 27.1 Å². The number of aromatic nitrogens is 3. The van der Waals surface area contributed by atoms with Crippen molar-refractivity contribution in [3.63, 3.8) is 0 Å². The highest BCUT2D eigenvalue weighted by Crippen LogP contribution is 2.29. The largest absolute Gasteiger partial charge is 0.339 e. The average molecular weight is 318 g/mol. The van der Waals surface area contributed by atoms with E-state index in [1.807, 2.05) is 24.9 Å². The van der Waals surface area contributed by atoms with E-state index in [4.69, 9.17) is 0 Å². The van der Waals surface area contributed by atoms with Gasteiger partial charge in [-0.3, -0.25) is 9.48 Å². The normalized spacial score (nSPS) is 16.2. The van der Waals surface area contributed by atoms with Gasteiger partial charge in [0.15, 0.2) is 0 Å². The molecule has 3 heterocycles. The molecule has 1 aliphatic heterocycles. The Bertz CT molecular complexity index is 648. The maximum absolute atomic E-state index is 12.7. The second kappa shape index (κ2) is 6.20. The predicted octanol–water partition coefficient (Wildman–Crippen LogP) is 3.00. The third-order valence-corrected chi connectivity index (χ3v) is 5.34. The van der Waals surface area contributed by atoms with Crippen LogP contribution in [0.2, 0.25) is 0 Å². The van der Waals surface area contributed by atoms with Crippen LogP contribution in [-0.2, 0) is 6.54 Å². The summed E-state index contributed by atoms with van der Waals surface area (Å²) in [6.45, 7) is 8.54. The van der Waals surface area contributed by atoms with Crippen LogP contribution in [-0.4, -0.2) is 38.1 Å². The van der Waals surface area contributed by atoms with Gasteiger partial charge in [-0.2, -0.15) is 9.47 Å². The summed E-state index contributed by atoms with van der Waals surface area (Å²) in [7, 11) is 0. The maximum Gasteiger partial charge on any atom is 0.256 e. The lowest BCUT2D eigenvalue weighted by Crippen LogP contribution is -2.38. The first-order valence-corrected chi connectivity index (χ1v) is 8.63. The number of carbonyl (C=O) groups excluding carboxylic acids is 1. The molecule has 6 heteroatoms. The van der Waals surface area contributed by atoms with Gasteiger partial charge in [0, 0.05) is 42.3 Å². The second-order valence-electron chi connectivity index (χ2n) is 5.84. The van der Waals surface area contributed by atoms with Crippen LogP contribution in [0.25, 0.3) is 0 Å². The minimum atomic E-state index is 0.145. The van der Waals surface area contributed by atoms with Crippen LogP contribution in [0.3, 0.4) is 0 Å². The van der Waals surface area contributed by atoms with E-state index in [1.165, 1.54) is 17.2 Å². The molecule has 0 aliphatic carbocycles. The second-order valence-corrected chi connectivity index (χ2v) is 6.82. The Kier molecular flexibility index (Phi) is 4.29. The molecule has 0 radical (unpaired) electrons. The summed E-state index contributed by atoms with van der Waals surface area (Å²) in [5.74, 6) is 0.653. The summed E-state index contributed by atoms with van der Waals surface area (Å²) in [6.07, 6.45) is 3.89. The van der Waals surface area contributed by atoms with Crippen LogP contribution in [0.5, 0.6) is 0 Å². The lowest BCUT2D eigenvalue weighted by atomic mass is 9.93. The monoisotopic (exact) mass is 318 g/mol. The van der Waals surface area contributed by atoms with Crippen LogP contribution in [0.4, 0.5) is 0 Å². The van der Waals surface area contributed by atoms with Gasteiger partial charge in [0.2, 0.25) is 0 Å². The van der Waals surface area contributed by atoms with E-state index in [1.54, 1.807) is 0 Å². The molecule has 0 saturated carbocycles. The van der Waals surface area contributed by atoms with Crippen molar-refractivity contribution in [2.45, 2.75) is 46.1 Å². The van der Waals surface area contributed by atoms with E-state index in [0.717, 1.165) is 48.6 Å². The number of likely N-dealkylation sites (tertiary alicyclic amines) is 1. The zero-order valence-electron chi connectivity index (χ0n) is 13.4.